The number of benzene rings is 3. The van der Waals surface area contributed by atoms with Gasteiger partial charge in [-0.2, -0.15) is 5.10 Å². The molecule has 3 aromatic carbocycles. The molecule has 0 amide bonds. The fourth-order valence-corrected chi connectivity index (χ4v) is 3.68. The van der Waals surface area contributed by atoms with Gasteiger partial charge < -0.3 is 0 Å². The van der Waals surface area contributed by atoms with Crippen molar-refractivity contribution in [3.05, 3.63) is 99.2 Å². The summed E-state index contributed by atoms with van der Waals surface area (Å²) in [6, 6.07) is 22.2. The molecule has 26 heavy (non-hydrogen) atoms. The first-order valence-electron chi connectivity index (χ1n) is 8.24. The van der Waals surface area contributed by atoms with E-state index in [0.29, 0.717) is 17.0 Å². The van der Waals surface area contributed by atoms with Crippen LogP contribution >= 0.6 is 27.5 Å². The van der Waals surface area contributed by atoms with Gasteiger partial charge >= 0.3 is 0 Å². The van der Waals surface area contributed by atoms with Crippen LogP contribution in [-0.4, -0.2) is 5.71 Å². The fourth-order valence-electron chi connectivity index (χ4n) is 3.17. The molecule has 130 valence electrons. The number of hydrazone groups is 1. The van der Waals surface area contributed by atoms with Gasteiger partial charge in [0.1, 0.15) is 5.82 Å². The van der Waals surface area contributed by atoms with E-state index in [0.717, 1.165) is 21.4 Å². The number of nitrogens with zero attached hydrogens (tertiary/aromatic N) is 2. The van der Waals surface area contributed by atoms with Crippen LogP contribution in [-0.2, 0) is 0 Å². The first-order chi connectivity index (χ1) is 12.6. The van der Waals surface area contributed by atoms with Crippen LogP contribution in [0.15, 0.2) is 82.4 Å². The third kappa shape index (κ3) is 3.39. The summed E-state index contributed by atoms with van der Waals surface area (Å²) in [5.41, 5.74) is 3.46. The Bertz CT molecular complexity index is 972. The largest absolute Gasteiger partial charge is 0.257 e. The van der Waals surface area contributed by atoms with Crippen LogP contribution in [0, 0.1) is 5.82 Å². The predicted molar refractivity (Wildman–Crippen MR) is 108 cm³/mol. The van der Waals surface area contributed by atoms with Crippen molar-refractivity contribution in [1.29, 1.82) is 0 Å². The monoisotopic (exact) mass is 428 g/mol. The van der Waals surface area contributed by atoms with Crippen molar-refractivity contribution >= 4 is 38.9 Å². The first kappa shape index (κ1) is 17.3. The molecule has 0 aliphatic carbocycles. The highest BCUT2D eigenvalue weighted by atomic mass is 79.9. The molecule has 3 aromatic rings. The Labute approximate surface area is 165 Å². The number of hydrogen-bond acceptors (Lipinski definition) is 2. The maximum absolute atomic E-state index is 14.5. The third-order valence-corrected chi connectivity index (χ3v) is 5.17. The summed E-state index contributed by atoms with van der Waals surface area (Å²) in [6.45, 7) is 0. The molecule has 0 bridgehead atoms. The zero-order chi connectivity index (χ0) is 18.1. The van der Waals surface area contributed by atoms with Crippen molar-refractivity contribution < 1.29 is 4.39 Å². The quantitative estimate of drug-likeness (QED) is 0.458. The van der Waals surface area contributed by atoms with Crippen molar-refractivity contribution in [2.75, 3.05) is 5.01 Å². The third-order valence-electron chi connectivity index (χ3n) is 4.42. The number of hydrogen-bond donors (Lipinski definition) is 0. The summed E-state index contributed by atoms with van der Waals surface area (Å²) in [5, 5.41) is 7.40. The van der Waals surface area contributed by atoms with Crippen molar-refractivity contribution in [1.82, 2.24) is 0 Å². The number of halogens is 3. The normalized spacial score (nSPS) is 16.7. The van der Waals surface area contributed by atoms with Crippen LogP contribution in [0.1, 0.15) is 23.6 Å². The first-order valence-corrected chi connectivity index (χ1v) is 9.41. The van der Waals surface area contributed by atoms with Gasteiger partial charge in [0, 0.05) is 21.5 Å². The van der Waals surface area contributed by atoms with Gasteiger partial charge in [-0.25, -0.2) is 4.39 Å². The van der Waals surface area contributed by atoms with E-state index in [2.05, 4.69) is 15.9 Å². The lowest BCUT2D eigenvalue weighted by atomic mass is 9.98. The molecule has 0 spiro atoms. The molecule has 5 heteroatoms. The molecule has 1 aliphatic rings. The number of anilines is 1. The lowest BCUT2D eigenvalue weighted by Crippen LogP contribution is -2.19. The van der Waals surface area contributed by atoms with Crippen LogP contribution in [0.25, 0.3) is 0 Å². The van der Waals surface area contributed by atoms with Gasteiger partial charge in [0.15, 0.2) is 0 Å². The van der Waals surface area contributed by atoms with E-state index in [1.165, 1.54) is 6.07 Å². The molecule has 4 rings (SSSR count). The maximum Gasteiger partial charge on any atom is 0.128 e. The Hall–Kier alpha value is -2.17. The molecule has 1 heterocycles. The summed E-state index contributed by atoms with van der Waals surface area (Å²) in [6.07, 6.45) is 0.620. The Kier molecular flexibility index (Phi) is 4.79. The summed E-state index contributed by atoms with van der Waals surface area (Å²) < 4.78 is 15.4. The van der Waals surface area contributed by atoms with Crippen molar-refractivity contribution in [3.63, 3.8) is 0 Å². The van der Waals surface area contributed by atoms with Gasteiger partial charge in [0.25, 0.3) is 0 Å². The second kappa shape index (κ2) is 7.22. The molecular weight excluding hydrogens is 415 g/mol. The second-order valence-corrected chi connectivity index (χ2v) is 7.47. The van der Waals surface area contributed by atoms with E-state index in [1.807, 2.05) is 65.7 Å². The second-order valence-electron chi connectivity index (χ2n) is 6.12. The minimum Gasteiger partial charge on any atom is -0.257 e. The van der Waals surface area contributed by atoms with E-state index >= 15 is 0 Å². The van der Waals surface area contributed by atoms with Gasteiger partial charge in [-0.15, -0.1) is 0 Å². The van der Waals surface area contributed by atoms with Crippen LogP contribution in [0.4, 0.5) is 10.1 Å². The molecule has 0 aromatic heterocycles. The Morgan fingerprint density at radius 2 is 1.77 bits per heavy atom. The standard InChI is InChI=1S/C21H15BrClFN2/c22-15-4-3-5-17(12-15)26-21(18-6-1-2-7-19(18)24)13-20(25-26)14-8-10-16(23)11-9-14/h1-12,21H,13H2. The van der Waals surface area contributed by atoms with Gasteiger partial charge in [-0.1, -0.05) is 63.9 Å². The summed E-state index contributed by atoms with van der Waals surface area (Å²) in [5.74, 6) is -0.218. The van der Waals surface area contributed by atoms with Crippen LogP contribution in [0.3, 0.4) is 0 Å². The fraction of sp³-hybridized carbons (Fsp3) is 0.0952. The number of rotatable bonds is 3. The molecular formula is C21H15BrClFN2. The van der Waals surface area contributed by atoms with Crippen LogP contribution in [0.2, 0.25) is 5.02 Å². The lowest BCUT2D eigenvalue weighted by molar-refractivity contribution is 0.579. The molecule has 1 aliphatic heterocycles. The van der Waals surface area contributed by atoms with Gasteiger partial charge in [0.05, 0.1) is 17.4 Å². The summed E-state index contributed by atoms with van der Waals surface area (Å²) >= 11 is 9.50. The van der Waals surface area contributed by atoms with E-state index in [4.69, 9.17) is 16.7 Å². The van der Waals surface area contributed by atoms with E-state index in [1.54, 1.807) is 6.07 Å². The highest BCUT2D eigenvalue weighted by molar-refractivity contribution is 9.10. The van der Waals surface area contributed by atoms with E-state index in [-0.39, 0.29) is 11.9 Å². The Balaban J connectivity index is 1.78. The highest BCUT2D eigenvalue weighted by Gasteiger charge is 2.31. The SMILES string of the molecule is Fc1ccccc1C1CC(c2ccc(Cl)cc2)=NN1c1cccc(Br)c1. The zero-order valence-corrected chi connectivity index (χ0v) is 16.1. The Morgan fingerprint density at radius 1 is 1.00 bits per heavy atom. The van der Waals surface area contributed by atoms with Crippen molar-refractivity contribution in [2.45, 2.75) is 12.5 Å². The summed E-state index contributed by atoms with van der Waals surface area (Å²) in [4.78, 5) is 0. The van der Waals surface area contributed by atoms with E-state index < -0.39 is 0 Å². The molecule has 1 unspecified atom stereocenters. The van der Waals surface area contributed by atoms with E-state index in [9.17, 15) is 4.39 Å². The van der Waals surface area contributed by atoms with Gasteiger partial charge in [-0.3, -0.25) is 5.01 Å². The molecule has 0 saturated carbocycles. The molecule has 0 saturated heterocycles. The topological polar surface area (TPSA) is 15.6 Å². The van der Waals surface area contributed by atoms with Gasteiger partial charge in [-0.05, 0) is 42.0 Å². The lowest BCUT2D eigenvalue weighted by Gasteiger charge is -2.24. The highest BCUT2D eigenvalue weighted by Crippen LogP contribution is 2.38. The van der Waals surface area contributed by atoms with Crippen LogP contribution in [0.5, 0.6) is 0 Å². The smallest absolute Gasteiger partial charge is 0.128 e. The zero-order valence-electron chi connectivity index (χ0n) is 13.7. The molecule has 0 N–H and O–H groups in total. The molecule has 1 atom stereocenters. The predicted octanol–water partition coefficient (Wildman–Crippen LogP) is 6.60. The average Bonchev–Trinajstić information content (AvgIpc) is 3.08. The molecule has 0 fully saturated rings. The maximum atomic E-state index is 14.5. The molecule has 2 nitrogen and oxygen atoms in total. The van der Waals surface area contributed by atoms with Crippen molar-refractivity contribution in [3.8, 4) is 0 Å². The minimum absolute atomic E-state index is 0.198. The van der Waals surface area contributed by atoms with Crippen LogP contribution < -0.4 is 5.01 Å². The average molecular weight is 430 g/mol. The van der Waals surface area contributed by atoms with Gasteiger partial charge in [0.2, 0.25) is 0 Å². The van der Waals surface area contributed by atoms with Crippen molar-refractivity contribution in [2.24, 2.45) is 5.10 Å². The minimum atomic E-state index is -0.218. The Morgan fingerprint density at radius 3 is 2.50 bits per heavy atom. The summed E-state index contributed by atoms with van der Waals surface area (Å²) in [7, 11) is 0. The molecule has 0 radical (unpaired) electrons.